The van der Waals surface area contributed by atoms with Crippen LogP contribution in [0, 0.1) is 0 Å². The van der Waals surface area contributed by atoms with Crippen molar-refractivity contribution in [3.05, 3.63) is 12.2 Å². The van der Waals surface area contributed by atoms with Gasteiger partial charge in [0.05, 0.1) is 0 Å². The summed E-state index contributed by atoms with van der Waals surface area (Å²) in [6.45, 7) is 2.84. The Balaban J connectivity index is 3.05. The fourth-order valence-electron chi connectivity index (χ4n) is 1.88. The van der Waals surface area contributed by atoms with Crippen molar-refractivity contribution < 1.29 is 53.8 Å². The zero-order chi connectivity index (χ0) is 18.5. The molecule has 1 atom stereocenters. The second-order valence-electron chi connectivity index (χ2n) is 4.92. The molecule has 0 spiro atoms. The molecule has 134 valence electrons. The number of carbonyl (C=O) groups excluding carboxylic acids is 1. The maximum atomic E-state index is 12.8. The monoisotopic (exact) mass is 360 g/mol. The van der Waals surface area contributed by atoms with Crippen LogP contribution in [0.15, 0.2) is 12.2 Å². The Labute approximate surface area is 123 Å². The molecule has 23 heavy (non-hydrogen) atoms. The van der Waals surface area contributed by atoms with Gasteiger partial charge in [-0.1, -0.05) is 6.58 Å². The van der Waals surface area contributed by atoms with Gasteiger partial charge in [-0.15, -0.1) is 0 Å². The molecule has 1 fully saturated rings. The highest BCUT2D eigenvalue weighted by molar-refractivity contribution is 5.89. The number of halogens is 9. The van der Waals surface area contributed by atoms with E-state index >= 15 is 0 Å². The lowest BCUT2D eigenvalue weighted by atomic mass is 9.98. The smallest absolute Gasteiger partial charge is 0.426 e. The van der Waals surface area contributed by atoms with Crippen molar-refractivity contribution >= 4 is 5.97 Å². The minimum atomic E-state index is -5.91. The van der Waals surface area contributed by atoms with Gasteiger partial charge in [0, 0.05) is 19.8 Å². The summed E-state index contributed by atoms with van der Waals surface area (Å²) in [6.07, 6.45) is -19.8. The number of alkyl halides is 9. The lowest BCUT2D eigenvalue weighted by molar-refractivity contribution is -0.400. The van der Waals surface area contributed by atoms with Gasteiger partial charge in [0.15, 0.2) is 0 Å². The SMILES string of the molecule is C=C(C(=O)OC1(C)CCC(C(F)(F)F)(C(F)(F)F)O1)C(F)(F)F. The predicted octanol–water partition coefficient (Wildman–Crippen LogP) is 4.04. The third kappa shape index (κ3) is 3.56. The lowest BCUT2D eigenvalue weighted by Gasteiger charge is -2.35. The first-order valence-corrected chi connectivity index (χ1v) is 5.78. The van der Waals surface area contributed by atoms with Crippen molar-refractivity contribution in [2.24, 2.45) is 0 Å². The molecule has 0 aromatic heterocycles. The minimum Gasteiger partial charge on any atom is -0.430 e. The molecule has 1 saturated heterocycles. The van der Waals surface area contributed by atoms with Gasteiger partial charge in [-0.25, -0.2) is 4.79 Å². The molecule has 1 rings (SSSR count). The van der Waals surface area contributed by atoms with Crippen LogP contribution in [0.3, 0.4) is 0 Å². The van der Waals surface area contributed by atoms with Gasteiger partial charge in [0.25, 0.3) is 5.60 Å². The van der Waals surface area contributed by atoms with Crippen molar-refractivity contribution in [2.45, 2.75) is 49.7 Å². The largest absolute Gasteiger partial charge is 0.430 e. The van der Waals surface area contributed by atoms with E-state index in [9.17, 15) is 44.3 Å². The van der Waals surface area contributed by atoms with Gasteiger partial charge in [-0.2, -0.15) is 39.5 Å². The topological polar surface area (TPSA) is 35.5 Å². The Morgan fingerprint density at radius 3 is 1.74 bits per heavy atom. The van der Waals surface area contributed by atoms with Crippen LogP contribution in [0.25, 0.3) is 0 Å². The van der Waals surface area contributed by atoms with Crippen molar-refractivity contribution in [1.29, 1.82) is 0 Å². The zero-order valence-corrected chi connectivity index (χ0v) is 11.2. The average molecular weight is 360 g/mol. The van der Waals surface area contributed by atoms with E-state index in [0.717, 1.165) is 0 Å². The standard InChI is InChI=1S/C11H9F9O3/c1-5(9(12,13)14)6(21)22-7(2)3-4-8(23-7,10(15,16)17)11(18,19)20/h1,3-4H2,2H3. The van der Waals surface area contributed by atoms with Gasteiger partial charge in [-0.05, 0) is 0 Å². The first-order valence-electron chi connectivity index (χ1n) is 5.78. The third-order valence-electron chi connectivity index (χ3n) is 3.13. The van der Waals surface area contributed by atoms with Gasteiger partial charge in [0.2, 0.25) is 5.79 Å². The molecule has 12 heteroatoms. The molecule has 0 N–H and O–H groups in total. The van der Waals surface area contributed by atoms with Crippen molar-refractivity contribution in [3.8, 4) is 0 Å². The number of rotatable bonds is 2. The summed E-state index contributed by atoms with van der Waals surface area (Å²) in [4.78, 5) is 11.2. The maximum absolute atomic E-state index is 12.8. The van der Waals surface area contributed by atoms with E-state index in [2.05, 4.69) is 16.1 Å². The molecule has 1 aliphatic rings. The number of ether oxygens (including phenoxy) is 2. The number of carbonyl (C=O) groups is 1. The Morgan fingerprint density at radius 2 is 1.43 bits per heavy atom. The second-order valence-corrected chi connectivity index (χ2v) is 4.92. The molecular formula is C11H9F9O3. The summed E-state index contributed by atoms with van der Waals surface area (Å²) < 4.78 is 121. The van der Waals surface area contributed by atoms with Gasteiger partial charge in [-0.3, -0.25) is 0 Å². The quantitative estimate of drug-likeness (QED) is 0.424. The highest BCUT2D eigenvalue weighted by atomic mass is 19.4. The second kappa shape index (κ2) is 5.28. The Morgan fingerprint density at radius 1 is 1.00 bits per heavy atom. The number of esters is 1. The van der Waals surface area contributed by atoms with Crippen LogP contribution in [0.4, 0.5) is 39.5 Å². The van der Waals surface area contributed by atoms with Crippen LogP contribution >= 0.6 is 0 Å². The molecule has 0 bridgehead atoms. The van der Waals surface area contributed by atoms with E-state index in [1.54, 1.807) is 0 Å². The molecule has 1 heterocycles. The predicted molar refractivity (Wildman–Crippen MR) is 54.9 cm³/mol. The van der Waals surface area contributed by atoms with Gasteiger partial charge < -0.3 is 9.47 Å². The molecule has 0 aromatic carbocycles. The number of hydrogen-bond donors (Lipinski definition) is 0. The molecular weight excluding hydrogens is 351 g/mol. The van der Waals surface area contributed by atoms with Crippen LogP contribution in [-0.4, -0.2) is 35.9 Å². The first kappa shape index (κ1) is 19.6. The van der Waals surface area contributed by atoms with Crippen LogP contribution in [0.1, 0.15) is 19.8 Å². The minimum absolute atomic E-state index is 0.508. The van der Waals surface area contributed by atoms with E-state index in [0.29, 0.717) is 6.92 Å². The summed E-state index contributed by atoms with van der Waals surface area (Å²) in [5.41, 5.74) is -6.71. The molecule has 0 radical (unpaired) electrons. The van der Waals surface area contributed by atoms with Crippen LogP contribution < -0.4 is 0 Å². The highest BCUT2D eigenvalue weighted by Gasteiger charge is 2.77. The van der Waals surface area contributed by atoms with E-state index < -0.39 is 54.3 Å². The molecule has 1 aliphatic heterocycles. The van der Waals surface area contributed by atoms with E-state index in [-0.39, 0.29) is 0 Å². The summed E-state index contributed by atoms with van der Waals surface area (Å²) in [5, 5.41) is 0. The number of hydrogen-bond acceptors (Lipinski definition) is 3. The molecule has 0 amide bonds. The van der Waals surface area contributed by atoms with E-state index in [1.807, 2.05) is 0 Å². The molecule has 0 aliphatic carbocycles. The molecule has 0 aromatic rings. The summed E-state index contributed by atoms with van der Waals surface area (Å²) in [7, 11) is 0. The molecule has 0 saturated carbocycles. The van der Waals surface area contributed by atoms with Crippen molar-refractivity contribution in [1.82, 2.24) is 0 Å². The Hall–Kier alpha value is -1.46. The van der Waals surface area contributed by atoms with Gasteiger partial charge in [0.1, 0.15) is 5.57 Å². The van der Waals surface area contributed by atoms with Crippen LogP contribution in [0.5, 0.6) is 0 Å². The summed E-state index contributed by atoms with van der Waals surface area (Å²) in [6, 6.07) is 0. The fraction of sp³-hybridized carbons (Fsp3) is 0.727. The van der Waals surface area contributed by atoms with E-state index in [4.69, 9.17) is 0 Å². The lowest BCUT2D eigenvalue weighted by Crippen LogP contribution is -2.58. The molecule has 3 nitrogen and oxygen atoms in total. The first-order chi connectivity index (χ1) is 9.95. The summed E-state index contributed by atoms with van der Waals surface area (Å²) >= 11 is 0. The maximum Gasteiger partial charge on any atom is 0.426 e. The summed E-state index contributed by atoms with van der Waals surface area (Å²) in [5.74, 6) is -5.06. The normalized spacial score (nSPS) is 25.3. The zero-order valence-electron chi connectivity index (χ0n) is 11.2. The fourth-order valence-corrected chi connectivity index (χ4v) is 1.88. The third-order valence-corrected chi connectivity index (χ3v) is 3.13. The van der Waals surface area contributed by atoms with Crippen molar-refractivity contribution in [2.75, 3.05) is 0 Å². The van der Waals surface area contributed by atoms with Gasteiger partial charge >= 0.3 is 24.5 Å². The van der Waals surface area contributed by atoms with Crippen molar-refractivity contribution in [3.63, 3.8) is 0 Å². The Kier molecular flexibility index (Phi) is 4.50. The Bertz CT molecular complexity index is 488. The van der Waals surface area contributed by atoms with E-state index in [1.165, 1.54) is 0 Å². The van der Waals surface area contributed by atoms with Crippen LogP contribution in [0.2, 0.25) is 0 Å². The highest BCUT2D eigenvalue weighted by Crippen LogP contribution is 2.55. The van der Waals surface area contributed by atoms with Crippen LogP contribution in [-0.2, 0) is 14.3 Å². The average Bonchev–Trinajstić information content (AvgIpc) is 2.65. The molecule has 1 unspecified atom stereocenters.